The molecule has 0 aliphatic heterocycles. The van der Waals surface area contributed by atoms with Gasteiger partial charge < -0.3 is 5.73 Å². The van der Waals surface area contributed by atoms with Crippen LogP contribution in [0.25, 0.3) is 0 Å². The van der Waals surface area contributed by atoms with E-state index in [1.54, 1.807) is 0 Å². The summed E-state index contributed by atoms with van der Waals surface area (Å²) < 4.78 is 0. The Balaban J connectivity index is 0. The van der Waals surface area contributed by atoms with Crippen molar-refractivity contribution in [2.24, 2.45) is 5.73 Å². The molecular weight excluding hydrogens is 134 g/mol. The van der Waals surface area contributed by atoms with Crippen LogP contribution in [-0.4, -0.2) is 6.54 Å². The van der Waals surface area contributed by atoms with Gasteiger partial charge in [-0.2, -0.15) is 0 Å². The van der Waals surface area contributed by atoms with E-state index < -0.39 is 0 Å². The van der Waals surface area contributed by atoms with Crippen LogP contribution in [0.4, 0.5) is 0 Å². The third kappa shape index (κ3) is 17.8. The molecule has 2 N–H and O–H groups in total. The molecule has 0 atom stereocenters. The zero-order chi connectivity index (χ0) is 8.95. The second-order valence-corrected chi connectivity index (χ2v) is 2.56. The van der Waals surface area contributed by atoms with Gasteiger partial charge in [0.1, 0.15) is 0 Å². The minimum absolute atomic E-state index is 0.819. The number of rotatable bonds is 1. The van der Waals surface area contributed by atoms with Gasteiger partial charge in [0.05, 0.1) is 0 Å². The van der Waals surface area contributed by atoms with Gasteiger partial charge in [0.25, 0.3) is 0 Å². The number of hydrogen-bond acceptors (Lipinski definition) is 1. The first kappa shape index (κ1) is 13.5. The van der Waals surface area contributed by atoms with Crippen LogP contribution >= 0.6 is 0 Å². The van der Waals surface area contributed by atoms with E-state index in [0.29, 0.717) is 0 Å². The molecule has 0 radical (unpaired) electrons. The first-order valence-electron chi connectivity index (χ1n) is 5.12. The standard InChI is InChI=1S/C5H10.C3H9N.C2H6/c1-2-4-5-3-1;1-2-3-4;1-2/h1-5H2;2-4H2,1H3;1-2H3. The normalized spacial score (nSPS) is 14.2. The van der Waals surface area contributed by atoms with Crippen LogP contribution in [0.15, 0.2) is 0 Å². The maximum atomic E-state index is 5.03. The molecular formula is C10H25N. The molecule has 1 aliphatic rings. The Morgan fingerprint density at radius 1 is 0.909 bits per heavy atom. The molecule has 0 aromatic rings. The first-order chi connectivity index (χ1) is 5.41. The smallest absolute Gasteiger partial charge is 0.00799 e. The average Bonchev–Trinajstić information content (AvgIpc) is 2.65. The van der Waals surface area contributed by atoms with Crippen molar-refractivity contribution in [2.75, 3.05) is 6.54 Å². The molecule has 0 bridgehead atoms. The summed E-state index contributed by atoms with van der Waals surface area (Å²) in [5.41, 5.74) is 5.03. The van der Waals surface area contributed by atoms with Gasteiger partial charge in [0.2, 0.25) is 0 Å². The fraction of sp³-hybridized carbons (Fsp3) is 1.00. The first-order valence-corrected chi connectivity index (χ1v) is 5.12. The lowest BCUT2D eigenvalue weighted by atomic mass is 10.4. The Labute approximate surface area is 72.4 Å². The summed E-state index contributed by atoms with van der Waals surface area (Å²) in [6.07, 6.45) is 8.60. The largest absolute Gasteiger partial charge is 0.330 e. The van der Waals surface area contributed by atoms with Gasteiger partial charge in [-0.15, -0.1) is 0 Å². The average molecular weight is 159 g/mol. The van der Waals surface area contributed by atoms with Crippen LogP contribution in [-0.2, 0) is 0 Å². The molecule has 0 spiro atoms. The molecule has 0 aromatic carbocycles. The van der Waals surface area contributed by atoms with Gasteiger partial charge in [0.15, 0.2) is 0 Å². The van der Waals surface area contributed by atoms with Crippen molar-refractivity contribution < 1.29 is 0 Å². The molecule has 1 nitrogen and oxygen atoms in total. The SMILES string of the molecule is C1CCCC1.CC.CCCN. The third-order valence-electron chi connectivity index (χ3n) is 1.54. The Bertz CT molecular complexity index is 30.5. The topological polar surface area (TPSA) is 26.0 Å². The summed E-state index contributed by atoms with van der Waals surface area (Å²) in [6, 6.07) is 0. The minimum atomic E-state index is 0.819. The zero-order valence-corrected chi connectivity index (χ0v) is 8.53. The van der Waals surface area contributed by atoms with E-state index >= 15 is 0 Å². The summed E-state index contributed by atoms with van der Waals surface area (Å²) in [7, 11) is 0. The highest BCUT2D eigenvalue weighted by molar-refractivity contribution is 4.51. The fourth-order valence-electron chi connectivity index (χ4n) is 0.884. The Morgan fingerprint density at radius 3 is 1.18 bits per heavy atom. The van der Waals surface area contributed by atoms with Crippen molar-refractivity contribution in [1.29, 1.82) is 0 Å². The van der Waals surface area contributed by atoms with Gasteiger partial charge >= 0.3 is 0 Å². The van der Waals surface area contributed by atoms with Crippen molar-refractivity contribution in [3.05, 3.63) is 0 Å². The third-order valence-corrected chi connectivity index (χ3v) is 1.54. The lowest BCUT2D eigenvalue weighted by Crippen LogP contribution is -1.93. The number of hydrogen-bond donors (Lipinski definition) is 1. The quantitative estimate of drug-likeness (QED) is 0.624. The van der Waals surface area contributed by atoms with E-state index in [4.69, 9.17) is 5.73 Å². The molecule has 0 amide bonds. The van der Waals surface area contributed by atoms with E-state index in [1.807, 2.05) is 13.8 Å². The van der Waals surface area contributed by atoms with Crippen molar-refractivity contribution in [2.45, 2.75) is 59.3 Å². The van der Waals surface area contributed by atoms with Crippen LogP contribution in [0.2, 0.25) is 0 Å². The molecule has 1 aliphatic carbocycles. The molecule has 1 rings (SSSR count). The lowest BCUT2D eigenvalue weighted by molar-refractivity contribution is 0.886. The second-order valence-electron chi connectivity index (χ2n) is 2.56. The molecule has 1 fully saturated rings. The highest BCUT2D eigenvalue weighted by Gasteiger charge is 1.95. The van der Waals surface area contributed by atoms with E-state index in [2.05, 4.69) is 6.92 Å². The maximum Gasteiger partial charge on any atom is -0.00799 e. The number of nitrogens with two attached hydrogens (primary N) is 1. The molecule has 0 aromatic heterocycles. The highest BCUT2D eigenvalue weighted by Crippen LogP contribution is 2.15. The second kappa shape index (κ2) is 16.5. The Morgan fingerprint density at radius 2 is 1.09 bits per heavy atom. The molecule has 0 unspecified atom stereocenters. The van der Waals surface area contributed by atoms with Gasteiger partial charge in [0, 0.05) is 0 Å². The summed E-state index contributed by atoms with van der Waals surface area (Å²) >= 11 is 0. The van der Waals surface area contributed by atoms with Crippen LogP contribution in [0.3, 0.4) is 0 Å². The summed E-state index contributed by atoms with van der Waals surface area (Å²) in [4.78, 5) is 0. The van der Waals surface area contributed by atoms with Gasteiger partial charge in [-0.05, 0) is 13.0 Å². The summed E-state index contributed by atoms with van der Waals surface area (Å²) in [5.74, 6) is 0. The minimum Gasteiger partial charge on any atom is -0.330 e. The Kier molecular flexibility index (Phi) is 20.3. The van der Waals surface area contributed by atoms with Gasteiger partial charge in [-0.25, -0.2) is 0 Å². The highest BCUT2D eigenvalue weighted by atomic mass is 14.5. The molecule has 70 valence electrons. The van der Waals surface area contributed by atoms with Crippen LogP contribution in [0.5, 0.6) is 0 Å². The van der Waals surface area contributed by atoms with E-state index in [1.165, 1.54) is 32.1 Å². The van der Waals surface area contributed by atoms with E-state index in [-0.39, 0.29) is 0 Å². The van der Waals surface area contributed by atoms with Gasteiger partial charge in [-0.1, -0.05) is 52.9 Å². The fourth-order valence-corrected chi connectivity index (χ4v) is 0.884. The van der Waals surface area contributed by atoms with Gasteiger partial charge in [-0.3, -0.25) is 0 Å². The molecule has 1 heteroatoms. The maximum absolute atomic E-state index is 5.03. The van der Waals surface area contributed by atoms with Crippen molar-refractivity contribution >= 4 is 0 Å². The zero-order valence-electron chi connectivity index (χ0n) is 8.53. The lowest BCUT2D eigenvalue weighted by Gasteiger charge is -1.70. The monoisotopic (exact) mass is 159 g/mol. The van der Waals surface area contributed by atoms with Crippen LogP contribution in [0.1, 0.15) is 59.3 Å². The van der Waals surface area contributed by atoms with Crippen LogP contribution in [0, 0.1) is 0 Å². The molecule has 0 heterocycles. The predicted octanol–water partition coefficient (Wildman–Crippen LogP) is 3.33. The van der Waals surface area contributed by atoms with Crippen molar-refractivity contribution in [1.82, 2.24) is 0 Å². The summed E-state index contributed by atoms with van der Waals surface area (Å²) in [6.45, 7) is 6.88. The Hall–Kier alpha value is -0.0400. The molecule has 1 saturated carbocycles. The predicted molar refractivity (Wildman–Crippen MR) is 53.8 cm³/mol. The molecule has 11 heavy (non-hydrogen) atoms. The summed E-state index contributed by atoms with van der Waals surface area (Å²) in [5, 5.41) is 0. The van der Waals surface area contributed by atoms with Crippen molar-refractivity contribution in [3.63, 3.8) is 0 Å². The van der Waals surface area contributed by atoms with Crippen molar-refractivity contribution in [3.8, 4) is 0 Å². The van der Waals surface area contributed by atoms with Crippen LogP contribution < -0.4 is 5.73 Å². The van der Waals surface area contributed by atoms with E-state index in [9.17, 15) is 0 Å². The van der Waals surface area contributed by atoms with E-state index in [0.717, 1.165) is 13.0 Å². The molecule has 0 saturated heterocycles.